The van der Waals surface area contributed by atoms with Crippen LogP contribution in [0, 0.1) is 0 Å². The third kappa shape index (κ3) is 6.06. The summed E-state index contributed by atoms with van der Waals surface area (Å²) in [7, 11) is 1.57. The summed E-state index contributed by atoms with van der Waals surface area (Å²) < 4.78 is 0. The summed E-state index contributed by atoms with van der Waals surface area (Å²) in [6.45, 7) is 5.75. The molecule has 0 fully saturated rings. The Labute approximate surface area is 91.2 Å². The molecule has 15 heavy (non-hydrogen) atoms. The van der Waals surface area contributed by atoms with Crippen LogP contribution >= 0.6 is 0 Å². The minimum absolute atomic E-state index is 0.0256. The molecular formula is C10H21N3O2. The van der Waals surface area contributed by atoms with Crippen LogP contribution in [0.3, 0.4) is 0 Å². The molecule has 88 valence electrons. The Morgan fingerprint density at radius 1 is 1.27 bits per heavy atom. The molecule has 0 aliphatic heterocycles. The fraction of sp³-hybridized carbons (Fsp3) is 0.800. The summed E-state index contributed by atoms with van der Waals surface area (Å²) in [4.78, 5) is 24.3. The Morgan fingerprint density at radius 3 is 2.40 bits per heavy atom. The Morgan fingerprint density at radius 2 is 1.93 bits per heavy atom. The molecule has 0 spiro atoms. The van der Waals surface area contributed by atoms with E-state index in [0.29, 0.717) is 13.1 Å². The molecule has 0 aromatic rings. The van der Waals surface area contributed by atoms with Crippen molar-refractivity contribution >= 4 is 11.8 Å². The molecular weight excluding hydrogens is 194 g/mol. The van der Waals surface area contributed by atoms with Crippen LogP contribution in [0.4, 0.5) is 0 Å². The standard InChI is InChI=1S/C10H21N3O2/c1-4-6-13(8-9(14)11-3)10(15)7-12-5-2/h12H,4-8H2,1-3H3,(H,11,14). The van der Waals surface area contributed by atoms with Crippen LogP contribution in [-0.2, 0) is 9.59 Å². The van der Waals surface area contributed by atoms with E-state index < -0.39 is 0 Å². The van der Waals surface area contributed by atoms with Crippen molar-refractivity contribution in [2.75, 3.05) is 33.2 Å². The number of hydrogen-bond donors (Lipinski definition) is 2. The van der Waals surface area contributed by atoms with E-state index in [1.54, 1.807) is 11.9 Å². The number of hydrogen-bond acceptors (Lipinski definition) is 3. The zero-order chi connectivity index (χ0) is 11.7. The van der Waals surface area contributed by atoms with Gasteiger partial charge in [-0.3, -0.25) is 9.59 Å². The number of nitrogens with zero attached hydrogens (tertiary/aromatic N) is 1. The molecule has 5 nitrogen and oxygen atoms in total. The lowest BCUT2D eigenvalue weighted by Crippen LogP contribution is -2.43. The van der Waals surface area contributed by atoms with Gasteiger partial charge in [0, 0.05) is 13.6 Å². The summed E-state index contributed by atoms with van der Waals surface area (Å²) in [5.74, 6) is -0.157. The molecule has 0 unspecified atom stereocenters. The molecule has 0 aliphatic rings. The SMILES string of the molecule is CCCN(CC(=O)NC)C(=O)CNCC. The normalized spacial score (nSPS) is 9.80. The molecule has 0 aromatic heterocycles. The zero-order valence-corrected chi connectivity index (χ0v) is 9.80. The number of nitrogens with one attached hydrogen (secondary N) is 2. The summed E-state index contributed by atoms with van der Waals surface area (Å²) in [6.07, 6.45) is 0.856. The molecule has 0 heterocycles. The van der Waals surface area contributed by atoms with Crippen LogP contribution in [-0.4, -0.2) is 49.9 Å². The number of carbonyl (C=O) groups is 2. The second-order valence-corrected chi connectivity index (χ2v) is 3.27. The first-order valence-electron chi connectivity index (χ1n) is 5.34. The van der Waals surface area contributed by atoms with Crippen LogP contribution in [0.5, 0.6) is 0 Å². The second-order valence-electron chi connectivity index (χ2n) is 3.27. The molecule has 2 amide bonds. The predicted molar refractivity (Wildman–Crippen MR) is 59.5 cm³/mol. The van der Waals surface area contributed by atoms with Crippen LogP contribution < -0.4 is 10.6 Å². The highest BCUT2D eigenvalue weighted by Crippen LogP contribution is 1.92. The number of amides is 2. The van der Waals surface area contributed by atoms with E-state index in [2.05, 4.69) is 10.6 Å². The quantitative estimate of drug-likeness (QED) is 0.606. The van der Waals surface area contributed by atoms with E-state index in [0.717, 1.165) is 13.0 Å². The third-order valence-corrected chi connectivity index (χ3v) is 1.99. The molecule has 5 heteroatoms. The summed E-state index contributed by atoms with van der Waals surface area (Å²) in [6, 6.07) is 0. The van der Waals surface area contributed by atoms with Crippen molar-refractivity contribution in [1.29, 1.82) is 0 Å². The van der Waals surface area contributed by atoms with Crippen LogP contribution in [0.2, 0.25) is 0 Å². The molecule has 0 bridgehead atoms. The van der Waals surface area contributed by atoms with E-state index >= 15 is 0 Å². The van der Waals surface area contributed by atoms with Gasteiger partial charge in [-0.05, 0) is 13.0 Å². The van der Waals surface area contributed by atoms with Crippen LogP contribution in [0.15, 0.2) is 0 Å². The third-order valence-electron chi connectivity index (χ3n) is 1.99. The van der Waals surface area contributed by atoms with Crippen molar-refractivity contribution in [3.63, 3.8) is 0 Å². The lowest BCUT2D eigenvalue weighted by molar-refractivity contribution is -0.135. The van der Waals surface area contributed by atoms with Gasteiger partial charge in [-0.2, -0.15) is 0 Å². The van der Waals surface area contributed by atoms with Crippen LogP contribution in [0.1, 0.15) is 20.3 Å². The summed E-state index contributed by atoms with van der Waals surface area (Å²) in [5, 5.41) is 5.47. The molecule has 0 saturated carbocycles. The first kappa shape index (κ1) is 13.9. The van der Waals surface area contributed by atoms with Crippen molar-refractivity contribution in [3.8, 4) is 0 Å². The summed E-state index contributed by atoms with van der Waals surface area (Å²) in [5.41, 5.74) is 0. The zero-order valence-electron chi connectivity index (χ0n) is 9.80. The Bertz CT molecular complexity index is 207. The molecule has 2 N–H and O–H groups in total. The van der Waals surface area contributed by atoms with Gasteiger partial charge in [0.15, 0.2) is 0 Å². The van der Waals surface area contributed by atoms with Crippen LogP contribution in [0.25, 0.3) is 0 Å². The van der Waals surface area contributed by atoms with E-state index in [9.17, 15) is 9.59 Å². The van der Waals surface area contributed by atoms with Gasteiger partial charge in [-0.1, -0.05) is 13.8 Å². The first-order valence-corrected chi connectivity index (χ1v) is 5.34. The van der Waals surface area contributed by atoms with Crippen molar-refractivity contribution in [3.05, 3.63) is 0 Å². The van der Waals surface area contributed by atoms with E-state index in [-0.39, 0.29) is 18.4 Å². The second kappa shape index (κ2) is 8.23. The highest BCUT2D eigenvalue weighted by Gasteiger charge is 2.14. The average Bonchev–Trinajstić information content (AvgIpc) is 2.24. The maximum Gasteiger partial charge on any atom is 0.239 e. The summed E-state index contributed by atoms with van der Waals surface area (Å²) >= 11 is 0. The van der Waals surface area contributed by atoms with Crippen molar-refractivity contribution < 1.29 is 9.59 Å². The van der Waals surface area contributed by atoms with Gasteiger partial charge in [-0.25, -0.2) is 0 Å². The monoisotopic (exact) mass is 215 g/mol. The molecule has 0 aliphatic carbocycles. The van der Waals surface area contributed by atoms with Gasteiger partial charge < -0.3 is 15.5 Å². The van der Waals surface area contributed by atoms with Gasteiger partial charge in [0.25, 0.3) is 0 Å². The number of carbonyl (C=O) groups excluding carboxylic acids is 2. The smallest absolute Gasteiger partial charge is 0.239 e. The Kier molecular flexibility index (Phi) is 7.62. The molecule has 0 rings (SSSR count). The fourth-order valence-electron chi connectivity index (χ4n) is 1.16. The van der Waals surface area contributed by atoms with E-state index in [4.69, 9.17) is 0 Å². The predicted octanol–water partition coefficient (Wildman–Crippen LogP) is -0.419. The average molecular weight is 215 g/mol. The minimum atomic E-state index is -0.131. The Balaban J connectivity index is 4.11. The van der Waals surface area contributed by atoms with Crippen molar-refractivity contribution in [1.82, 2.24) is 15.5 Å². The van der Waals surface area contributed by atoms with Gasteiger partial charge in [0.05, 0.1) is 13.1 Å². The number of rotatable bonds is 7. The lowest BCUT2D eigenvalue weighted by Gasteiger charge is -2.21. The highest BCUT2D eigenvalue weighted by atomic mass is 16.2. The van der Waals surface area contributed by atoms with Gasteiger partial charge in [-0.15, -0.1) is 0 Å². The largest absolute Gasteiger partial charge is 0.358 e. The topological polar surface area (TPSA) is 61.4 Å². The Hall–Kier alpha value is -1.10. The molecule has 0 radical (unpaired) electrons. The minimum Gasteiger partial charge on any atom is -0.358 e. The first-order chi connectivity index (χ1) is 7.15. The molecule has 0 aromatic carbocycles. The fourth-order valence-corrected chi connectivity index (χ4v) is 1.16. The maximum absolute atomic E-state index is 11.6. The lowest BCUT2D eigenvalue weighted by atomic mass is 10.3. The highest BCUT2D eigenvalue weighted by molar-refractivity contribution is 5.85. The van der Waals surface area contributed by atoms with Crippen molar-refractivity contribution in [2.45, 2.75) is 20.3 Å². The van der Waals surface area contributed by atoms with Crippen molar-refractivity contribution in [2.24, 2.45) is 0 Å². The van der Waals surface area contributed by atoms with Gasteiger partial charge in [0.2, 0.25) is 11.8 Å². The van der Waals surface area contributed by atoms with E-state index in [1.165, 1.54) is 0 Å². The van der Waals surface area contributed by atoms with E-state index in [1.807, 2.05) is 13.8 Å². The maximum atomic E-state index is 11.6. The van der Waals surface area contributed by atoms with Gasteiger partial charge in [0.1, 0.15) is 0 Å². The number of likely N-dealkylation sites (N-methyl/N-ethyl adjacent to an activating group) is 2. The molecule has 0 atom stereocenters. The van der Waals surface area contributed by atoms with Gasteiger partial charge >= 0.3 is 0 Å². The molecule has 0 saturated heterocycles.